The quantitative estimate of drug-likeness (QED) is 0.694. The second-order valence-corrected chi connectivity index (χ2v) is 3.63. The van der Waals surface area contributed by atoms with Crippen LogP contribution in [0.25, 0.3) is 0 Å². The first-order valence-corrected chi connectivity index (χ1v) is 4.75. The molecule has 76 valence electrons. The SMILES string of the molecule is CC(O)C(C)NC(=O)OC1CCC1. The summed E-state index contributed by atoms with van der Waals surface area (Å²) >= 11 is 0. The molecular formula is C9H17NO3. The number of nitrogens with one attached hydrogen (secondary N) is 1. The van der Waals surface area contributed by atoms with Gasteiger partial charge in [-0.05, 0) is 33.1 Å². The van der Waals surface area contributed by atoms with Crippen LogP contribution >= 0.6 is 0 Å². The Kier molecular flexibility index (Phi) is 3.54. The molecular weight excluding hydrogens is 170 g/mol. The molecule has 1 amide bonds. The van der Waals surface area contributed by atoms with E-state index in [1.807, 2.05) is 0 Å². The molecule has 0 radical (unpaired) electrons. The summed E-state index contributed by atoms with van der Waals surface area (Å²) in [5, 5.41) is 11.7. The van der Waals surface area contributed by atoms with Gasteiger partial charge in [-0.1, -0.05) is 0 Å². The van der Waals surface area contributed by atoms with Crippen molar-refractivity contribution in [3.05, 3.63) is 0 Å². The smallest absolute Gasteiger partial charge is 0.407 e. The fraction of sp³-hybridized carbons (Fsp3) is 0.889. The fourth-order valence-electron chi connectivity index (χ4n) is 0.981. The zero-order valence-electron chi connectivity index (χ0n) is 8.12. The van der Waals surface area contributed by atoms with Crippen molar-refractivity contribution < 1.29 is 14.6 Å². The van der Waals surface area contributed by atoms with E-state index in [4.69, 9.17) is 9.84 Å². The lowest BCUT2D eigenvalue weighted by atomic mass is 9.96. The van der Waals surface area contributed by atoms with Crippen molar-refractivity contribution in [1.82, 2.24) is 5.32 Å². The van der Waals surface area contributed by atoms with E-state index in [1.165, 1.54) is 0 Å². The predicted molar refractivity (Wildman–Crippen MR) is 48.4 cm³/mol. The topological polar surface area (TPSA) is 58.6 Å². The second kappa shape index (κ2) is 4.46. The van der Waals surface area contributed by atoms with Gasteiger partial charge in [0.15, 0.2) is 0 Å². The Morgan fingerprint density at radius 3 is 2.54 bits per heavy atom. The Morgan fingerprint density at radius 1 is 1.54 bits per heavy atom. The van der Waals surface area contributed by atoms with Crippen LogP contribution < -0.4 is 5.32 Å². The van der Waals surface area contributed by atoms with Crippen molar-refractivity contribution in [2.75, 3.05) is 0 Å². The number of aliphatic hydroxyl groups is 1. The number of rotatable bonds is 3. The van der Waals surface area contributed by atoms with Crippen LogP contribution in [0.3, 0.4) is 0 Å². The molecule has 13 heavy (non-hydrogen) atoms. The van der Waals surface area contributed by atoms with Crippen molar-refractivity contribution in [2.24, 2.45) is 0 Å². The molecule has 0 aliphatic heterocycles. The monoisotopic (exact) mass is 187 g/mol. The number of carbonyl (C=O) groups is 1. The maximum absolute atomic E-state index is 11.1. The number of aliphatic hydroxyl groups excluding tert-OH is 1. The zero-order chi connectivity index (χ0) is 9.84. The molecule has 1 aliphatic carbocycles. The molecule has 0 aromatic rings. The normalized spacial score (nSPS) is 21.5. The third kappa shape index (κ3) is 3.22. The van der Waals surface area contributed by atoms with E-state index in [9.17, 15) is 4.79 Å². The van der Waals surface area contributed by atoms with Gasteiger partial charge in [-0.15, -0.1) is 0 Å². The van der Waals surface area contributed by atoms with Crippen LogP contribution in [0.2, 0.25) is 0 Å². The standard InChI is InChI=1S/C9H17NO3/c1-6(7(2)11)10-9(12)13-8-4-3-5-8/h6-8,11H,3-5H2,1-2H3,(H,10,12). The average Bonchev–Trinajstić information content (AvgIpc) is 1.96. The second-order valence-electron chi connectivity index (χ2n) is 3.63. The van der Waals surface area contributed by atoms with Crippen molar-refractivity contribution in [3.8, 4) is 0 Å². The van der Waals surface area contributed by atoms with Gasteiger partial charge in [-0.2, -0.15) is 0 Å². The predicted octanol–water partition coefficient (Wildman–Crippen LogP) is 1.03. The van der Waals surface area contributed by atoms with Crippen LogP contribution in [-0.4, -0.2) is 29.4 Å². The van der Waals surface area contributed by atoms with Crippen molar-refractivity contribution in [1.29, 1.82) is 0 Å². The van der Waals surface area contributed by atoms with E-state index in [1.54, 1.807) is 13.8 Å². The number of carbonyl (C=O) groups excluding carboxylic acids is 1. The first kappa shape index (κ1) is 10.3. The molecule has 0 spiro atoms. The third-order valence-corrected chi connectivity index (χ3v) is 2.40. The molecule has 1 saturated carbocycles. The Balaban J connectivity index is 2.16. The molecule has 0 heterocycles. The lowest BCUT2D eigenvalue weighted by Crippen LogP contribution is -2.42. The van der Waals surface area contributed by atoms with E-state index in [2.05, 4.69) is 5.32 Å². The Hall–Kier alpha value is -0.770. The molecule has 0 saturated heterocycles. The Labute approximate surface area is 78.3 Å². The summed E-state index contributed by atoms with van der Waals surface area (Å²) in [6, 6.07) is -0.257. The van der Waals surface area contributed by atoms with Gasteiger partial charge < -0.3 is 15.2 Å². The van der Waals surface area contributed by atoms with Gasteiger partial charge in [-0.25, -0.2) is 4.79 Å². The summed E-state index contributed by atoms with van der Waals surface area (Å²) in [7, 11) is 0. The Bertz CT molecular complexity index is 178. The third-order valence-electron chi connectivity index (χ3n) is 2.40. The number of ether oxygens (including phenoxy) is 1. The van der Waals surface area contributed by atoms with Gasteiger partial charge in [0.2, 0.25) is 0 Å². The van der Waals surface area contributed by atoms with Gasteiger partial charge in [0, 0.05) is 0 Å². The van der Waals surface area contributed by atoms with Crippen LogP contribution in [-0.2, 0) is 4.74 Å². The van der Waals surface area contributed by atoms with Crippen molar-refractivity contribution in [3.63, 3.8) is 0 Å². The highest BCUT2D eigenvalue weighted by Gasteiger charge is 2.22. The molecule has 1 rings (SSSR count). The largest absolute Gasteiger partial charge is 0.446 e. The van der Waals surface area contributed by atoms with Crippen LogP contribution in [0.5, 0.6) is 0 Å². The molecule has 0 aromatic heterocycles. The maximum atomic E-state index is 11.1. The zero-order valence-corrected chi connectivity index (χ0v) is 8.12. The highest BCUT2D eigenvalue weighted by molar-refractivity contribution is 5.67. The van der Waals surface area contributed by atoms with Gasteiger partial charge in [0.1, 0.15) is 6.10 Å². The number of hydrogen-bond donors (Lipinski definition) is 2. The molecule has 0 bridgehead atoms. The van der Waals surface area contributed by atoms with E-state index in [-0.39, 0.29) is 12.1 Å². The van der Waals surface area contributed by atoms with Crippen LogP contribution in [0.4, 0.5) is 4.79 Å². The minimum Gasteiger partial charge on any atom is -0.446 e. The average molecular weight is 187 g/mol. The van der Waals surface area contributed by atoms with E-state index in [0.717, 1.165) is 19.3 Å². The summed E-state index contributed by atoms with van der Waals surface area (Å²) in [6.07, 6.45) is 2.21. The van der Waals surface area contributed by atoms with E-state index in [0.29, 0.717) is 0 Å². The summed E-state index contributed by atoms with van der Waals surface area (Å²) in [4.78, 5) is 11.1. The van der Waals surface area contributed by atoms with Crippen LogP contribution in [0.1, 0.15) is 33.1 Å². The number of alkyl carbamates (subject to hydrolysis) is 1. The molecule has 4 heteroatoms. The van der Waals surface area contributed by atoms with Crippen LogP contribution in [0, 0.1) is 0 Å². The minimum absolute atomic E-state index is 0.0983. The molecule has 0 aromatic carbocycles. The van der Waals surface area contributed by atoms with Gasteiger partial charge in [0.05, 0.1) is 12.1 Å². The molecule has 1 aliphatic rings. The van der Waals surface area contributed by atoms with Crippen LogP contribution in [0.15, 0.2) is 0 Å². The number of hydrogen-bond acceptors (Lipinski definition) is 3. The lowest BCUT2D eigenvalue weighted by Gasteiger charge is -2.26. The first-order valence-electron chi connectivity index (χ1n) is 4.75. The fourth-order valence-corrected chi connectivity index (χ4v) is 0.981. The molecule has 1 fully saturated rings. The highest BCUT2D eigenvalue weighted by atomic mass is 16.6. The van der Waals surface area contributed by atoms with Gasteiger partial charge in [0.25, 0.3) is 0 Å². The molecule has 4 nitrogen and oxygen atoms in total. The van der Waals surface area contributed by atoms with Crippen molar-refractivity contribution in [2.45, 2.75) is 51.4 Å². The molecule has 2 atom stereocenters. The molecule has 2 unspecified atom stereocenters. The van der Waals surface area contributed by atoms with E-state index >= 15 is 0 Å². The van der Waals surface area contributed by atoms with E-state index < -0.39 is 12.2 Å². The molecule has 2 N–H and O–H groups in total. The number of amides is 1. The first-order chi connectivity index (χ1) is 6.09. The minimum atomic E-state index is -0.547. The van der Waals surface area contributed by atoms with Gasteiger partial charge >= 0.3 is 6.09 Å². The maximum Gasteiger partial charge on any atom is 0.407 e. The van der Waals surface area contributed by atoms with Crippen molar-refractivity contribution >= 4 is 6.09 Å². The lowest BCUT2D eigenvalue weighted by molar-refractivity contribution is 0.0454. The highest BCUT2D eigenvalue weighted by Crippen LogP contribution is 2.21. The van der Waals surface area contributed by atoms with Gasteiger partial charge in [-0.3, -0.25) is 0 Å². The summed E-state index contributed by atoms with van der Waals surface area (Å²) in [5.74, 6) is 0. The Morgan fingerprint density at radius 2 is 2.15 bits per heavy atom. The summed E-state index contributed by atoms with van der Waals surface area (Å²) in [5.41, 5.74) is 0. The summed E-state index contributed by atoms with van der Waals surface area (Å²) in [6.45, 7) is 3.38. The summed E-state index contributed by atoms with van der Waals surface area (Å²) < 4.78 is 5.05.